The van der Waals surface area contributed by atoms with Gasteiger partial charge in [-0.3, -0.25) is 0 Å². The Labute approximate surface area is 279 Å². The minimum absolute atomic E-state index is 0.994. The van der Waals surface area contributed by atoms with E-state index in [1.807, 2.05) is 0 Å². The van der Waals surface area contributed by atoms with Crippen LogP contribution >= 0.6 is 0 Å². The van der Waals surface area contributed by atoms with Crippen molar-refractivity contribution in [3.63, 3.8) is 0 Å². The van der Waals surface area contributed by atoms with Crippen molar-refractivity contribution in [3.05, 3.63) is 181 Å². The molecule has 0 unspecified atom stereocenters. The fraction of sp³-hybridized carbons (Fsp3) is 0.0435. The summed E-state index contributed by atoms with van der Waals surface area (Å²) in [7, 11) is 0. The van der Waals surface area contributed by atoms with Crippen LogP contribution < -0.4 is 0 Å². The third kappa shape index (κ3) is 4.13. The Morgan fingerprint density at radius 1 is 0.396 bits per heavy atom. The van der Waals surface area contributed by atoms with Crippen molar-refractivity contribution in [1.29, 1.82) is 0 Å². The van der Waals surface area contributed by atoms with Gasteiger partial charge in [0.1, 0.15) is 0 Å². The van der Waals surface area contributed by atoms with E-state index in [1.165, 1.54) is 88.4 Å². The quantitative estimate of drug-likeness (QED) is 0.187. The predicted molar refractivity (Wildman–Crippen MR) is 203 cm³/mol. The molecular formula is C46H32N2. The van der Waals surface area contributed by atoms with Gasteiger partial charge < -0.3 is 9.13 Å². The van der Waals surface area contributed by atoms with Gasteiger partial charge in [0.05, 0.1) is 22.2 Å². The van der Waals surface area contributed by atoms with E-state index in [4.69, 9.17) is 0 Å². The Bertz CT molecular complexity index is 2710. The van der Waals surface area contributed by atoms with Crippen molar-refractivity contribution in [2.45, 2.75) is 12.8 Å². The van der Waals surface area contributed by atoms with E-state index in [0.29, 0.717) is 0 Å². The second kappa shape index (κ2) is 10.7. The number of fused-ring (bicyclic) bond motifs is 7. The molecule has 0 N–H and O–H groups in total. The van der Waals surface area contributed by atoms with E-state index in [2.05, 4.69) is 179 Å². The van der Waals surface area contributed by atoms with E-state index in [-0.39, 0.29) is 0 Å². The zero-order chi connectivity index (χ0) is 31.6. The monoisotopic (exact) mass is 612 g/mol. The van der Waals surface area contributed by atoms with Gasteiger partial charge in [0.15, 0.2) is 0 Å². The molecule has 226 valence electrons. The highest BCUT2D eigenvalue weighted by Gasteiger charge is 2.23. The molecule has 0 amide bonds. The molecule has 0 fully saturated rings. The van der Waals surface area contributed by atoms with Crippen LogP contribution in [0.25, 0.3) is 77.6 Å². The molecule has 0 atom stereocenters. The van der Waals surface area contributed by atoms with E-state index < -0.39 is 0 Å². The summed E-state index contributed by atoms with van der Waals surface area (Å²) in [5.74, 6) is 0. The summed E-state index contributed by atoms with van der Waals surface area (Å²) in [4.78, 5) is 0. The summed E-state index contributed by atoms with van der Waals surface area (Å²) >= 11 is 0. The van der Waals surface area contributed by atoms with Gasteiger partial charge in [-0.2, -0.15) is 0 Å². The molecule has 2 nitrogen and oxygen atoms in total. The number of rotatable bonds is 4. The van der Waals surface area contributed by atoms with Crippen LogP contribution in [-0.4, -0.2) is 9.13 Å². The Morgan fingerprint density at radius 2 is 1.04 bits per heavy atom. The lowest BCUT2D eigenvalue weighted by molar-refractivity contribution is 0.901. The highest BCUT2D eigenvalue weighted by Crippen LogP contribution is 2.41. The molecule has 0 radical (unpaired) electrons. The molecule has 48 heavy (non-hydrogen) atoms. The maximum absolute atomic E-state index is 2.51. The molecule has 0 aliphatic heterocycles. The van der Waals surface area contributed by atoms with E-state index in [1.54, 1.807) is 0 Å². The Balaban J connectivity index is 1.09. The third-order valence-electron chi connectivity index (χ3n) is 10.2. The number of aromatic nitrogens is 2. The average Bonchev–Trinajstić information content (AvgIpc) is 3.67. The van der Waals surface area contributed by atoms with Gasteiger partial charge >= 0.3 is 0 Å². The van der Waals surface area contributed by atoms with E-state index in [0.717, 1.165) is 12.8 Å². The summed E-state index contributed by atoms with van der Waals surface area (Å²) in [6, 6.07) is 59.8. The van der Waals surface area contributed by atoms with Crippen LogP contribution in [0.3, 0.4) is 0 Å². The SMILES string of the molecule is C1=C(c2cccc(-c3ccc4c(c3)c3ccccc3n4-c3ccccc3)c2)CCc2c1c1ccccc1n2-c1cccc2ccccc12. The standard InChI is InChI=1S/C46H32N2/c1-2-16-36(17-3-1)47-43-21-8-6-19-38(43)40-29-34(24-26-45(40)47)32-14-10-15-33(28-32)35-25-27-46-41(30-35)39-20-7-9-22-44(39)48(46)42-23-11-13-31-12-4-5-18-37(31)42/h1-24,26,28-30H,25,27H2. The maximum Gasteiger partial charge on any atom is 0.0541 e. The van der Waals surface area contributed by atoms with Crippen molar-refractivity contribution >= 4 is 55.1 Å². The summed E-state index contributed by atoms with van der Waals surface area (Å²) in [6.45, 7) is 0. The molecule has 0 saturated carbocycles. The molecule has 1 aliphatic rings. The first kappa shape index (κ1) is 27.0. The van der Waals surface area contributed by atoms with Gasteiger partial charge in [-0.05, 0) is 95.1 Å². The van der Waals surface area contributed by atoms with Crippen molar-refractivity contribution in [3.8, 4) is 22.5 Å². The smallest absolute Gasteiger partial charge is 0.0541 e. The van der Waals surface area contributed by atoms with Crippen molar-refractivity contribution in [2.24, 2.45) is 0 Å². The number of benzene rings is 7. The second-order valence-corrected chi connectivity index (χ2v) is 12.9. The molecule has 9 aromatic rings. The number of para-hydroxylation sites is 3. The van der Waals surface area contributed by atoms with Gasteiger partial charge in [0.25, 0.3) is 0 Å². The van der Waals surface area contributed by atoms with Crippen molar-refractivity contribution in [2.75, 3.05) is 0 Å². The lowest BCUT2D eigenvalue weighted by Gasteiger charge is -2.19. The van der Waals surface area contributed by atoms with Crippen LogP contribution in [0.4, 0.5) is 0 Å². The van der Waals surface area contributed by atoms with E-state index in [9.17, 15) is 0 Å². The highest BCUT2D eigenvalue weighted by atomic mass is 15.0. The maximum atomic E-state index is 2.51. The van der Waals surface area contributed by atoms with Gasteiger partial charge in [-0.15, -0.1) is 0 Å². The first-order valence-corrected chi connectivity index (χ1v) is 16.8. The fourth-order valence-corrected chi connectivity index (χ4v) is 8.04. The zero-order valence-corrected chi connectivity index (χ0v) is 26.5. The molecule has 2 heteroatoms. The molecular weight excluding hydrogens is 581 g/mol. The molecule has 2 heterocycles. The van der Waals surface area contributed by atoms with Crippen LogP contribution in [0.2, 0.25) is 0 Å². The molecule has 10 rings (SSSR count). The van der Waals surface area contributed by atoms with Gasteiger partial charge in [0.2, 0.25) is 0 Å². The first-order valence-electron chi connectivity index (χ1n) is 16.8. The van der Waals surface area contributed by atoms with Crippen LogP contribution in [-0.2, 0) is 6.42 Å². The topological polar surface area (TPSA) is 9.86 Å². The first-order chi connectivity index (χ1) is 23.8. The third-order valence-corrected chi connectivity index (χ3v) is 10.2. The van der Waals surface area contributed by atoms with Gasteiger partial charge in [0, 0.05) is 38.5 Å². The normalized spacial score (nSPS) is 13.0. The van der Waals surface area contributed by atoms with Crippen LogP contribution in [0.1, 0.15) is 23.2 Å². The predicted octanol–water partition coefficient (Wildman–Crippen LogP) is 12.0. The van der Waals surface area contributed by atoms with Crippen LogP contribution in [0, 0.1) is 0 Å². The molecule has 0 bridgehead atoms. The summed E-state index contributed by atoms with van der Waals surface area (Å²) in [6.07, 6.45) is 4.45. The largest absolute Gasteiger partial charge is 0.312 e. The summed E-state index contributed by atoms with van der Waals surface area (Å²) < 4.78 is 4.89. The lowest BCUT2D eigenvalue weighted by atomic mass is 9.89. The Hall–Kier alpha value is -6.12. The number of hydrogen-bond donors (Lipinski definition) is 0. The van der Waals surface area contributed by atoms with Gasteiger partial charge in [-0.25, -0.2) is 0 Å². The number of allylic oxidation sites excluding steroid dienone is 1. The zero-order valence-electron chi connectivity index (χ0n) is 26.5. The fourth-order valence-electron chi connectivity index (χ4n) is 8.04. The van der Waals surface area contributed by atoms with E-state index >= 15 is 0 Å². The average molecular weight is 613 g/mol. The number of nitrogens with zero attached hydrogens (tertiary/aromatic N) is 2. The Kier molecular flexibility index (Phi) is 6.04. The minimum atomic E-state index is 0.994. The molecule has 0 saturated heterocycles. The van der Waals surface area contributed by atoms with Crippen LogP contribution in [0.5, 0.6) is 0 Å². The van der Waals surface area contributed by atoms with Crippen molar-refractivity contribution in [1.82, 2.24) is 9.13 Å². The van der Waals surface area contributed by atoms with Gasteiger partial charge in [-0.1, -0.05) is 115 Å². The molecule has 1 aliphatic carbocycles. The Morgan fingerprint density at radius 3 is 1.92 bits per heavy atom. The molecule has 2 aromatic heterocycles. The molecule has 7 aromatic carbocycles. The second-order valence-electron chi connectivity index (χ2n) is 12.9. The summed E-state index contributed by atoms with van der Waals surface area (Å²) in [5.41, 5.74) is 14.1. The minimum Gasteiger partial charge on any atom is -0.312 e. The highest BCUT2D eigenvalue weighted by molar-refractivity contribution is 6.10. The molecule has 0 spiro atoms. The van der Waals surface area contributed by atoms with Crippen LogP contribution in [0.15, 0.2) is 164 Å². The summed E-state index contributed by atoms with van der Waals surface area (Å²) in [5, 5.41) is 6.43. The number of hydrogen-bond acceptors (Lipinski definition) is 0. The lowest BCUT2D eigenvalue weighted by Crippen LogP contribution is -2.05. The van der Waals surface area contributed by atoms with Crippen molar-refractivity contribution < 1.29 is 0 Å².